The van der Waals surface area contributed by atoms with Gasteiger partial charge >= 0.3 is 0 Å². The first kappa shape index (κ1) is 19.7. The van der Waals surface area contributed by atoms with Crippen LogP contribution in [0, 0.1) is 19.8 Å². The second kappa shape index (κ2) is 8.65. The molecule has 2 amide bonds. The number of hydrogen-bond donors (Lipinski definition) is 2. The quantitative estimate of drug-likeness (QED) is 0.782. The molecule has 1 aromatic carbocycles. The number of carbonyl (C=O) groups excluding carboxylic acids is 2. The summed E-state index contributed by atoms with van der Waals surface area (Å²) >= 11 is 0. The maximum absolute atomic E-state index is 12.2. The zero-order chi connectivity index (χ0) is 19.3. The van der Waals surface area contributed by atoms with Crippen LogP contribution in [0.5, 0.6) is 0 Å². The predicted octanol–water partition coefficient (Wildman–Crippen LogP) is 2.72. The van der Waals surface area contributed by atoms with E-state index >= 15 is 0 Å². The first-order chi connectivity index (χ1) is 12.3. The van der Waals surface area contributed by atoms with Gasteiger partial charge < -0.3 is 0 Å². The summed E-state index contributed by atoms with van der Waals surface area (Å²) in [5.41, 5.74) is 9.38. The van der Waals surface area contributed by atoms with Gasteiger partial charge in [0, 0.05) is 23.4 Å². The van der Waals surface area contributed by atoms with Crippen LogP contribution in [-0.4, -0.2) is 21.6 Å². The van der Waals surface area contributed by atoms with E-state index in [-0.39, 0.29) is 18.2 Å². The van der Waals surface area contributed by atoms with Crippen molar-refractivity contribution in [3.63, 3.8) is 0 Å². The van der Waals surface area contributed by atoms with Crippen LogP contribution >= 0.6 is 0 Å². The molecular weight excluding hydrogens is 328 g/mol. The standard InChI is InChI=1S/C20H28N4O2/c1-6-16-7-9-17(10-8-16)20(26)22-21-19(25)11-18-14(4)23-24(15(18)5)12-13(2)3/h7-10,13H,6,11-12H2,1-5H3,(H,21,25)(H,22,26). The molecule has 0 spiro atoms. The smallest absolute Gasteiger partial charge is 0.269 e. The van der Waals surface area contributed by atoms with Crippen LogP contribution in [0.3, 0.4) is 0 Å². The minimum atomic E-state index is -0.329. The molecule has 0 saturated carbocycles. The lowest BCUT2D eigenvalue weighted by Gasteiger charge is -2.09. The summed E-state index contributed by atoms with van der Waals surface area (Å²) in [4.78, 5) is 24.3. The fourth-order valence-electron chi connectivity index (χ4n) is 2.81. The topological polar surface area (TPSA) is 76.0 Å². The summed E-state index contributed by atoms with van der Waals surface area (Å²) in [6.07, 6.45) is 1.10. The third-order valence-corrected chi connectivity index (χ3v) is 4.35. The fraction of sp³-hybridized carbons (Fsp3) is 0.450. The molecular formula is C20H28N4O2. The normalized spacial score (nSPS) is 10.8. The second-order valence-corrected chi connectivity index (χ2v) is 6.95. The maximum Gasteiger partial charge on any atom is 0.269 e. The van der Waals surface area contributed by atoms with E-state index in [1.165, 1.54) is 0 Å². The highest BCUT2D eigenvalue weighted by Gasteiger charge is 2.16. The molecule has 1 heterocycles. The van der Waals surface area contributed by atoms with E-state index in [9.17, 15) is 9.59 Å². The van der Waals surface area contributed by atoms with E-state index in [4.69, 9.17) is 0 Å². The van der Waals surface area contributed by atoms with Crippen molar-refractivity contribution in [1.29, 1.82) is 0 Å². The van der Waals surface area contributed by atoms with Gasteiger partial charge in [-0.3, -0.25) is 25.1 Å². The Morgan fingerprint density at radius 3 is 2.35 bits per heavy atom. The summed E-state index contributed by atoms with van der Waals surface area (Å²) in [5.74, 6) is -0.114. The second-order valence-electron chi connectivity index (χ2n) is 6.95. The number of amides is 2. The molecule has 0 atom stereocenters. The van der Waals surface area contributed by atoms with Crippen molar-refractivity contribution in [2.45, 2.75) is 54.0 Å². The molecule has 140 valence electrons. The molecule has 2 rings (SSSR count). The van der Waals surface area contributed by atoms with Gasteiger partial charge in [-0.05, 0) is 43.9 Å². The Kier molecular flexibility index (Phi) is 6.55. The van der Waals surface area contributed by atoms with Gasteiger partial charge in [-0.2, -0.15) is 5.10 Å². The van der Waals surface area contributed by atoms with Crippen molar-refractivity contribution in [2.75, 3.05) is 0 Å². The van der Waals surface area contributed by atoms with Crippen LogP contribution in [0.2, 0.25) is 0 Å². The van der Waals surface area contributed by atoms with Gasteiger partial charge in [0.05, 0.1) is 12.1 Å². The van der Waals surface area contributed by atoms with Gasteiger partial charge in [-0.25, -0.2) is 0 Å². The van der Waals surface area contributed by atoms with Gasteiger partial charge in [0.25, 0.3) is 5.91 Å². The minimum Gasteiger partial charge on any atom is -0.273 e. The molecule has 0 aliphatic rings. The van der Waals surface area contributed by atoms with Crippen molar-refractivity contribution in [2.24, 2.45) is 5.92 Å². The average Bonchev–Trinajstić information content (AvgIpc) is 2.86. The molecule has 0 saturated heterocycles. The lowest BCUT2D eigenvalue weighted by Crippen LogP contribution is -2.42. The SMILES string of the molecule is CCc1ccc(C(=O)NNC(=O)Cc2c(C)nn(CC(C)C)c2C)cc1. The third kappa shape index (κ3) is 4.94. The number of nitrogens with zero attached hydrogens (tertiary/aromatic N) is 2. The predicted molar refractivity (Wildman–Crippen MR) is 102 cm³/mol. The summed E-state index contributed by atoms with van der Waals surface area (Å²) < 4.78 is 1.94. The van der Waals surface area contributed by atoms with Crippen molar-refractivity contribution in [1.82, 2.24) is 20.6 Å². The third-order valence-electron chi connectivity index (χ3n) is 4.35. The van der Waals surface area contributed by atoms with Crippen LogP contribution in [0.1, 0.15) is 53.6 Å². The molecule has 0 radical (unpaired) electrons. The molecule has 0 unspecified atom stereocenters. The Hall–Kier alpha value is -2.63. The minimum absolute atomic E-state index is 0.185. The lowest BCUT2D eigenvalue weighted by atomic mass is 10.1. The molecule has 1 aromatic heterocycles. The molecule has 26 heavy (non-hydrogen) atoms. The number of hydrazine groups is 1. The first-order valence-electron chi connectivity index (χ1n) is 9.02. The molecule has 2 N–H and O–H groups in total. The van der Waals surface area contributed by atoms with Crippen molar-refractivity contribution in [3.8, 4) is 0 Å². The van der Waals surface area contributed by atoms with Crippen molar-refractivity contribution < 1.29 is 9.59 Å². The van der Waals surface area contributed by atoms with E-state index in [1.54, 1.807) is 12.1 Å². The summed E-state index contributed by atoms with van der Waals surface area (Å²) in [6.45, 7) is 11.0. The van der Waals surface area contributed by atoms with E-state index < -0.39 is 0 Å². The van der Waals surface area contributed by atoms with Gasteiger partial charge in [0.1, 0.15) is 0 Å². The van der Waals surface area contributed by atoms with E-state index in [2.05, 4.69) is 36.7 Å². The average molecular weight is 356 g/mol. The Balaban J connectivity index is 1.94. The number of rotatable bonds is 6. The first-order valence-corrected chi connectivity index (χ1v) is 9.02. The van der Waals surface area contributed by atoms with Crippen LogP contribution in [0.15, 0.2) is 24.3 Å². The molecule has 0 aliphatic heterocycles. The zero-order valence-corrected chi connectivity index (χ0v) is 16.2. The monoisotopic (exact) mass is 356 g/mol. The summed E-state index contributed by atoms with van der Waals surface area (Å²) in [5, 5.41) is 4.51. The number of aryl methyl sites for hydroxylation is 2. The molecule has 0 aliphatic carbocycles. The number of nitrogens with one attached hydrogen (secondary N) is 2. The van der Waals surface area contributed by atoms with Crippen LogP contribution in [0.4, 0.5) is 0 Å². The van der Waals surface area contributed by atoms with Crippen molar-refractivity contribution in [3.05, 3.63) is 52.3 Å². The Morgan fingerprint density at radius 1 is 1.12 bits per heavy atom. The number of hydrogen-bond acceptors (Lipinski definition) is 3. The summed E-state index contributed by atoms with van der Waals surface area (Å²) in [7, 11) is 0. The zero-order valence-electron chi connectivity index (χ0n) is 16.2. The molecule has 0 fully saturated rings. The van der Waals surface area contributed by atoms with Crippen LogP contribution < -0.4 is 10.9 Å². The number of aromatic nitrogens is 2. The molecule has 2 aromatic rings. The highest BCUT2D eigenvalue weighted by Crippen LogP contribution is 2.15. The van der Waals surface area contributed by atoms with E-state index in [0.717, 1.165) is 35.5 Å². The van der Waals surface area contributed by atoms with Gasteiger partial charge in [-0.1, -0.05) is 32.9 Å². The molecule has 6 heteroatoms. The fourth-order valence-corrected chi connectivity index (χ4v) is 2.81. The van der Waals surface area contributed by atoms with Gasteiger partial charge in [0.15, 0.2) is 0 Å². The molecule has 0 bridgehead atoms. The maximum atomic E-state index is 12.2. The number of carbonyl (C=O) groups is 2. The van der Waals surface area contributed by atoms with Gasteiger partial charge in [-0.15, -0.1) is 0 Å². The lowest BCUT2D eigenvalue weighted by molar-refractivity contribution is -0.121. The Morgan fingerprint density at radius 2 is 1.77 bits per heavy atom. The van der Waals surface area contributed by atoms with Crippen LogP contribution in [0.25, 0.3) is 0 Å². The summed E-state index contributed by atoms with van der Waals surface area (Å²) in [6, 6.07) is 7.33. The Bertz CT molecular complexity index is 776. The molecule has 6 nitrogen and oxygen atoms in total. The van der Waals surface area contributed by atoms with Crippen LogP contribution in [-0.2, 0) is 24.2 Å². The van der Waals surface area contributed by atoms with E-state index in [0.29, 0.717) is 11.5 Å². The number of benzene rings is 1. The van der Waals surface area contributed by atoms with Crippen molar-refractivity contribution >= 4 is 11.8 Å². The Labute approximate surface area is 155 Å². The van der Waals surface area contributed by atoms with Gasteiger partial charge in [0.2, 0.25) is 5.91 Å². The highest BCUT2D eigenvalue weighted by atomic mass is 16.2. The largest absolute Gasteiger partial charge is 0.273 e. The van der Waals surface area contributed by atoms with E-state index in [1.807, 2.05) is 30.7 Å². The highest BCUT2D eigenvalue weighted by molar-refractivity contribution is 5.95.